The first-order chi connectivity index (χ1) is 20.9. The number of carbonyl (C=O) groups excluding carboxylic acids is 1. The summed E-state index contributed by atoms with van der Waals surface area (Å²) in [6, 6.07) is 16.8. The third-order valence-corrected chi connectivity index (χ3v) is 10.6. The van der Waals surface area contributed by atoms with Gasteiger partial charge >= 0.3 is 0 Å². The van der Waals surface area contributed by atoms with Crippen molar-refractivity contribution in [1.82, 2.24) is 9.62 Å². The second-order valence-electron chi connectivity index (χ2n) is 11.7. The highest BCUT2D eigenvalue weighted by Gasteiger charge is 2.37. The molecule has 1 aliphatic heterocycles. The number of rotatable bonds is 12. The Morgan fingerprint density at radius 2 is 1.80 bits per heavy atom. The van der Waals surface area contributed by atoms with Crippen molar-refractivity contribution < 1.29 is 22.3 Å². The highest BCUT2D eigenvalue weighted by molar-refractivity contribution is 7.89. The van der Waals surface area contributed by atoms with Crippen molar-refractivity contribution in [2.24, 2.45) is 11.7 Å². The van der Waals surface area contributed by atoms with E-state index in [1.165, 1.54) is 13.2 Å². The number of piperazine rings is 1. The minimum Gasteiger partial charge on any atom is -0.497 e. The Kier molecular flexibility index (Phi) is 11.4. The predicted molar refractivity (Wildman–Crippen MR) is 173 cm³/mol. The number of hydrogen-bond acceptors (Lipinski definition) is 6. The zero-order valence-corrected chi connectivity index (χ0v) is 27.2. The SMILES string of the molecule is COc1ccc(S(=O)(=O)N2[C@@H](CCCc3c(F)cccc3NC(=O)[C@@H](N)[C@@H](c3ccc(Cl)cc3)C(C)C)CNC[C@@H]2C)cc1. The van der Waals surface area contributed by atoms with Crippen LogP contribution in [0.2, 0.25) is 5.02 Å². The smallest absolute Gasteiger partial charge is 0.243 e. The zero-order valence-electron chi connectivity index (χ0n) is 25.6. The van der Waals surface area contributed by atoms with Crippen molar-refractivity contribution in [3.8, 4) is 5.75 Å². The van der Waals surface area contributed by atoms with Gasteiger partial charge in [-0.1, -0.05) is 43.6 Å². The van der Waals surface area contributed by atoms with Gasteiger partial charge in [0.15, 0.2) is 0 Å². The molecule has 0 spiro atoms. The molecule has 1 amide bonds. The summed E-state index contributed by atoms with van der Waals surface area (Å²) in [5.41, 5.74) is 8.11. The highest BCUT2D eigenvalue weighted by atomic mass is 35.5. The van der Waals surface area contributed by atoms with E-state index in [-0.39, 0.29) is 28.8 Å². The fourth-order valence-electron chi connectivity index (χ4n) is 6.05. The van der Waals surface area contributed by atoms with Gasteiger partial charge in [0.1, 0.15) is 11.6 Å². The van der Waals surface area contributed by atoms with E-state index in [1.807, 2.05) is 32.9 Å². The molecule has 0 radical (unpaired) electrons. The molecule has 238 valence electrons. The lowest BCUT2D eigenvalue weighted by molar-refractivity contribution is -0.118. The van der Waals surface area contributed by atoms with Gasteiger partial charge in [0.2, 0.25) is 15.9 Å². The Labute approximate surface area is 265 Å². The van der Waals surface area contributed by atoms with Gasteiger partial charge < -0.3 is 21.1 Å². The molecule has 11 heteroatoms. The Bertz CT molecular complexity index is 1520. The number of methoxy groups -OCH3 is 1. The first-order valence-electron chi connectivity index (χ1n) is 14.9. The molecule has 4 N–H and O–H groups in total. The number of halogens is 2. The highest BCUT2D eigenvalue weighted by Crippen LogP contribution is 2.31. The zero-order chi connectivity index (χ0) is 32.0. The number of ether oxygens (including phenoxy) is 1. The van der Waals surface area contributed by atoms with Crippen molar-refractivity contribution in [1.29, 1.82) is 0 Å². The molecule has 4 atom stereocenters. The second kappa shape index (κ2) is 14.8. The van der Waals surface area contributed by atoms with Crippen LogP contribution >= 0.6 is 11.6 Å². The first kappa shape index (κ1) is 33.9. The fraction of sp³-hybridized carbons (Fsp3) is 0.424. The minimum absolute atomic E-state index is 0.0625. The number of nitrogens with two attached hydrogens (primary N) is 1. The molecule has 4 rings (SSSR count). The number of carbonyl (C=O) groups is 1. The van der Waals surface area contributed by atoms with Gasteiger partial charge in [-0.2, -0.15) is 4.31 Å². The van der Waals surface area contributed by atoms with Gasteiger partial charge in [0, 0.05) is 47.4 Å². The van der Waals surface area contributed by atoms with E-state index < -0.39 is 27.8 Å². The third-order valence-electron chi connectivity index (χ3n) is 8.25. The summed E-state index contributed by atoms with van der Waals surface area (Å²) in [7, 11) is -2.25. The number of nitrogens with one attached hydrogen (secondary N) is 2. The fourth-order valence-corrected chi connectivity index (χ4v) is 8.02. The van der Waals surface area contributed by atoms with Crippen molar-refractivity contribution in [2.75, 3.05) is 25.5 Å². The monoisotopic (exact) mass is 644 g/mol. The Hall–Kier alpha value is -3.02. The summed E-state index contributed by atoms with van der Waals surface area (Å²) in [6.07, 6.45) is 1.31. The van der Waals surface area contributed by atoms with E-state index >= 15 is 4.39 Å². The van der Waals surface area contributed by atoms with Crippen molar-refractivity contribution in [2.45, 2.75) is 69.0 Å². The van der Waals surface area contributed by atoms with Crippen molar-refractivity contribution in [3.63, 3.8) is 0 Å². The lowest BCUT2D eigenvalue weighted by Crippen LogP contribution is -2.58. The summed E-state index contributed by atoms with van der Waals surface area (Å²) in [4.78, 5) is 13.6. The molecule has 1 heterocycles. The number of sulfonamides is 1. The van der Waals surface area contributed by atoms with Crippen LogP contribution in [-0.4, -0.2) is 57.0 Å². The number of benzene rings is 3. The van der Waals surface area contributed by atoms with Crippen LogP contribution in [-0.2, 0) is 21.2 Å². The number of anilines is 1. The molecule has 0 aromatic heterocycles. The van der Waals surface area contributed by atoms with Gasteiger partial charge in [-0.05, 0) is 86.2 Å². The topological polar surface area (TPSA) is 114 Å². The predicted octanol–water partition coefficient (Wildman–Crippen LogP) is 5.57. The van der Waals surface area contributed by atoms with E-state index in [0.717, 1.165) is 5.56 Å². The van der Waals surface area contributed by atoms with Gasteiger partial charge in [-0.3, -0.25) is 4.79 Å². The second-order valence-corrected chi connectivity index (χ2v) is 13.9. The Morgan fingerprint density at radius 1 is 1.11 bits per heavy atom. The van der Waals surface area contributed by atoms with E-state index in [4.69, 9.17) is 22.1 Å². The summed E-state index contributed by atoms with van der Waals surface area (Å²) in [5, 5.41) is 6.79. The molecular formula is C33H42ClFN4O4S. The molecule has 1 fully saturated rings. The molecule has 0 aliphatic carbocycles. The molecular weight excluding hydrogens is 603 g/mol. The molecule has 0 saturated carbocycles. The van der Waals surface area contributed by atoms with Crippen LogP contribution in [0.5, 0.6) is 5.75 Å². The summed E-state index contributed by atoms with van der Waals surface area (Å²) in [6.45, 7) is 6.89. The number of hydrogen-bond donors (Lipinski definition) is 3. The first-order valence-corrected chi connectivity index (χ1v) is 16.7. The molecule has 44 heavy (non-hydrogen) atoms. The van der Waals surface area contributed by atoms with Crippen LogP contribution in [0.3, 0.4) is 0 Å². The van der Waals surface area contributed by atoms with E-state index in [2.05, 4.69) is 10.6 Å². The summed E-state index contributed by atoms with van der Waals surface area (Å²) >= 11 is 6.06. The van der Waals surface area contributed by atoms with E-state index in [1.54, 1.807) is 52.8 Å². The largest absolute Gasteiger partial charge is 0.497 e. The molecule has 0 unspecified atom stereocenters. The van der Waals surface area contributed by atoms with Gasteiger partial charge in [0.25, 0.3) is 0 Å². The lowest BCUT2D eigenvalue weighted by atomic mass is 9.82. The normalized spacial score (nSPS) is 19.0. The molecule has 1 saturated heterocycles. The molecule has 8 nitrogen and oxygen atoms in total. The van der Waals surface area contributed by atoms with Crippen LogP contribution in [0.25, 0.3) is 0 Å². The lowest BCUT2D eigenvalue weighted by Gasteiger charge is -2.40. The van der Waals surface area contributed by atoms with Crippen LogP contribution < -0.4 is 21.1 Å². The quantitative estimate of drug-likeness (QED) is 0.238. The number of nitrogens with zero attached hydrogens (tertiary/aromatic N) is 1. The Balaban J connectivity index is 1.47. The molecule has 3 aromatic rings. The summed E-state index contributed by atoms with van der Waals surface area (Å²) in [5.74, 6) is -0.483. The van der Waals surface area contributed by atoms with Crippen LogP contribution in [0, 0.1) is 11.7 Å². The maximum absolute atomic E-state index is 15.1. The average Bonchev–Trinajstić information content (AvgIpc) is 2.99. The van der Waals surface area contributed by atoms with Crippen LogP contribution in [0.4, 0.5) is 10.1 Å². The van der Waals surface area contributed by atoms with Crippen molar-refractivity contribution >= 4 is 33.2 Å². The average molecular weight is 645 g/mol. The minimum atomic E-state index is -3.78. The van der Waals surface area contributed by atoms with Gasteiger partial charge in [-0.25, -0.2) is 12.8 Å². The maximum Gasteiger partial charge on any atom is 0.243 e. The number of amides is 1. The van der Waals surface area contributed by atoms with Crippen molar-refractivity contribution in [3.05, 3.63) is 88.7 Å². The maximum atomic E-state index is 15.1. The van der Waals surface area contributed by atoms with Crippen LogP contribution in [0.15, 0.2) is 71.6 Å². The van der Waals surface area contributed by atoms with Gasteiger partial charge in [0.05, 0.1) is 18.0 Å². The third kappa shape index (κ3) is 7.79. The summed E-state index contributed by atoms with van der Waals surface area (Å²) < 4.78 is 49.3. The molecule has 0 bridgehead atoms. The Morgan fingerprint density at radius 3 is 2.43 bits per heavy atom. The van der Waals surface area contributed by atoms with E-state index in [0.29, 0.717) is 54.4 Å². The molecule has 3 aromatic carbocycles. The van der Waals surface area contributed by atoms with Crippen LogP contribution in [0.1, 0.15) is 50.7 Å². The van der Waals surface area contributed by atoms with Gasteiger partial charge in [-0.15, -0.1) is 0 Å². The standard InChI is InChI=1S/C33H42ClFN4O4S/c1-21(2)31(23-11-13-24(34)14-12-23)32(36)33(40)38-30-10-6-9-29(35)28(30)8-5-7-25-20-37-19-22(3)39(25)44(41,42)27-17-15-26(43-4)16-18-27/h6,9-18,21-22,25,31-32,37H,5,7-8,19-20,36H2,1-4H3,(H,38,40)/t22-,25-,31+,32-/m0/s1. The van der Waals surface area contributed by atoms with E-state index in [9.17, 15) is 13.2 Å². The molecule has 1 aliphatic rings.